The number of rotatable bonds is 7. The largest absolute Gasteiger partial charge is 0.356 e. The van der Waals surface area contributed by atoms with Crippen LogP contribution in [0.4, 0.5) is 0 Å². The maximum Gasteiger partial charge on any atom is 0.191 e. The fourth-order valence-electron chi connectivity index (χ4n) is 3.44. The molecule has 0 unspecified atom stereocenters. The van der Waals surface area contributed by atoms with Gasteiger partial charge in [-0.3, -0.25) is 4.99 Å². The summed E-state index contributed by atoms with van der Waals surface area (Å²) in [4.78, 5) is 12.9. The van der Waals surface area contributed by atoms with Crippen molar-refractivity contribution < 1.29 is 0 Å². The van der Waals surface area contributed by atoms with E-state index in [4.69, 9.17) is 0 Å². The second-order valence-corrected chi connectivity index (χ2v) is 7.01. The second kappa shape index (κ2) is 10.9. The topological polar surface area (TPSA) is 85.0 Å². The molecule has 0 saturated carbocycles. The van der Waals surface area contributed by atoms with Gasteiger partial charge in [0.25, 0.3) is 0 Å². The van der Waals surface area contributed by atoms with E-state index in [0.29, 0.717) is 6.54 Å². The average molecular weight is 530 g/mol. The highest BCUT2D eigenvalue weighted by Crippen LogP contribution is 2.15. The van der Waals surface area contributed by atoms with Crippen LogP contribution in [0.3, 0.4) is 0 Å². The Morgan fingerprint density at radius 2 is 1.87 bits per heavy atom. The number of aromatic nitrogens is 5. The van der Waals surface area contributed by atoms with E-state index in [1.807, 2.05) is 18.2 Å². The number of nitrogens with zero attached hydrogens (tertiary/aromatic N) is 6. The molecule has 4 rings (SSSR count). The van der Waals surface area contributed by atoms with Crippen molar-refractivity contribution in [3.05, 3.63) is 72.6 Å². The highest BCUT2D eigenvalue weighted by molar-refractivity contribution is 14.0. The molecule has 0 amide bonds. The normalized spacial score (nSPS) is 11.4. The molecule has 4 aromatic rings. The summed E-state index contributed by atoms with van der Waals surface area (Å²) in [6.45, 7) is 4.50. The minimum Gasteiger partial charge on any atom is -0.356 e. The number of guanidine groups is 1. The summed E-state index contributed by atoms with van der Waals surface area (Å²) >= 11 is 0. The van der Waals surface area contributed by atoms with E-state index in [1.54, 1.807) is 18.1 Å². The molecule has 2 aromatic heterocycles. The summed E-state index contributed by atoms with van der Waals surface area (Å²) in [5, 5.41) is 10.9. The molecule has 2 heterocycles. The van der Waals surface area contributed by atoms with Crippen molar-refractivity contribution in [3.8, 4) is 5.69 Å². The Morgan fingerprint density at radius 3 is 2.61 bits per heavy atom. The fourth-order valence-corrected chi connectivity index (χ4v) is 3.44. The van der Waals surface area contributed by atoms with Crippen LogP contribution in [0, 0.1) is 6.92 Å². The van der Waals surface area contributed by atoms with Crippen molar-refractivity contribution in [2.24, 2.45) is 4.99 Å². The van der Waals surface area contributed by atoms with Crippen molar-refractivity contribution in [2.45, 2.75) is 26.4 Å². The van der Waals surface area contributed by atoms with E-state index in [0.717, 1.165) is 42.5 Å². The summed E-state index contributed by atoms with van der Waals surface area (Å²) in [5.74, 6) is 1.84. The number of aliphatic imine (C=N–C) groups is 1. The lowest BCUT2D eigenvalue weighted by atomic mass is 10.2. The first-order chi connectivity index (χ1) is 14.7. The fraction of sp³-hybridized carbons (Fsp3) is 0.273. The van der Waals surface area contributed by atoms with Gasteiger partial charge >= 0.3 is 0 Å². The van der Waals surface area contributed by atoms with Crippen molar-refractivity contribution in [1.82, 2.24) is 34.9 Å². The molecule has 31 heavy (non-hydrogen) atoms. The zero-order valence-electron chi connectivity index (χ0n) is 17.7. The molecule has 0 spiro atoms. The third kappa shape index (κ3) is 5.60. The predicted molar refractivity (Wildman–Crippen MR) is 134 cm³/mol. The van der Waals surface area contributed by atoms with Crippen molar-refractivity contribution in [1.29, 1.82) is 0 Å². The SMILES string of the molecule is CN=C(NCCCn1c(C)nc2ccccc21)NCc1ccc(-n2cncn2)cc1.I. The van der Waals surface area contributed by atoms with Gasteiger partial charge in [-0.2, -0.15) is 5.10 Å². The van der Waals surface area contributed by atoms with E-state index in [9.17, 15) is 0 Å². The molecule has 8 nitrogen and oxygen atoms in total. The first-order valence-electron chi connectivity index (χ1n) is 10.0. The second-order valence-electron chi connectivity index (χ2n) is 7.01. The van der Waals surface area contributed by atoms with Gasteiger partial charge in [0.15, 0.2) is 5.96 Å². The van der Waals surface area contributed by atoms with Gasteiger partial charge in [-0.25, -0.2) is 14.6 Å². The maximum atomic E-state index is 4.63. The lowest BCUT2D eigenvalue weighted by molar-refractivity contribution is 0.624. The van der Waals surface area contributed by atoms with E-state index in [1.165, 1.54) is 17.4 Å². The van der Waals surface area contributed by atoms with Crippen molar-refractivity contribution in [2.75, 3.05) is 13.6 Å². The van der Waals surface area contributed by atoms with Gasteiger partial charge in [-0.1, -0.05) is 24.3 Å². The van der Waals surface area contributed by atoms with E-state index >= 15 is 0 Å². The summed E-state index contributed by atoms with van der Waals surface area (Å²) in [6, 6.07) is 16.5. The molecular formula is C22H27IN8. The van der Waals surface area contributed by atoms with Crippen LogP contribution in [0.5, 0.6) is 0 Å². The Labute approximate surface area is 198 Å². The summed E-state index contributed by atoms with van der Waals surface area (Å²) < 4.78 is 4.01. The number of imidazole rings is 1. The molecule has 0 bridgehead atoms. The molecular weight excluding hydrogens is 503 g/mol. The smallest absolute Gasteiger partial charge is 0.191 e. The van der Waals surface area contributed by atoms with E-state index < -0.39 is 0 Å². The van der Waals surface area contributed by atoms with Crippen LogP contribution in [0.15, 0.2) is 66.2 Å². The number of nitrogens with one attached hydrogen (secondary N) is 2. The van der Waals surface area contributed by atoms with Gasteiger partial charge < -0.3 is 15.2 Å². The predicted octanol–water partition coefficient (Wildman–Crippen LogP) is 3.30. The Kier molecular flexibility index (Phi) is 7.99. The zero-order chi connectivity index (χ0) is 20.8. The minimum atomic E-state index is 0. The highest BCUT2D eigenvalue weighted by atomic mass is 127. The molecule has 0 atom stereocenters. The minimum absolute atomic E-state index is 0. The number of fused-ring (bicyclic) bond motifs is 1. The number of para-hydroxylation sites is 2. The van der Waals surface area contributed by atoms with Crippen molar-refractivity contribution >= 4 is 41.0 Å². The molecule has 2 aromatic carbocycles. The molecule has 2 N–H and O–H groups in total. The molecule has 0 saturated heterocycles. The van der Waals surface area contributed by atoms with Crippen LogP contribution in [0.25, 0.3) is 16.7 Å². The monoisotopic (exact) mass is 530 g/mol. The van der Waals surface area contributed by atoms with Crippen LogP contribution in [-0.4, -0.2) is 43.9 Å². The molecule has 0 aliphatic heterocycles. The highest BCUT2D eigenvalue weighted by Gasteiger charge is 2.06. The number of hydrogen-bond acceptors (Lipinski definition) is 4. The first-order valence-corrected chi connectivity index (χ1v) is 10.0. The van der Waals surface area contributed by atoms with Crippen LogP contribution >= 0.6 is 24.0 Å². The van der Waals surface area contributed by atoms with E-state index in [-0.39, 0.29) is 24.0 Å². The molecule has 162 valence electrons. The van der Waals surface area contributed by atoms with Gasteiger partial charge in [0.1, 0.15) is 18.5 Å². The number of benzene rings is 2. The number of halogens is 1. The van der Waals surface area contributed by atoms with Crippen molar-refractivity contribution in [3.63, 3.8) is 0 Å². The van der Waals surface area contributed by atoms with Gasteiger partial charge in [-0.15, -0.1) is 24.0 Å². The summed E-state index contributed by atoms with van der Waals surface area (Å²) in [5.41, 5.74) is 4.39. The molecule has 0 fully saturated rings. The Bertz CT molecular complexity index is 1120. The molecule has 0 radical (unpaired) electrons. The van der Waals surface area contributed by atoms with E-state index in [2.05, 4.69) is 72.5 Å². The lowest BCUT2D eigenvalue weighted by Crippen LogP contribution is -2.37. The standard InChI is InChI=1S/C22H26N8.HI/c1-17-28-20-6-3-4-7-21(20)29(17)13-5-12-25-22(23-2)26-14-18-8-10-19(11-9-18)30-16-24-15-27-30;/h3-4,6-11,15-16H,5,12-14H2,1-2H3,(H2,23,25,26);1H. The molecule has 9 heteroatoms. The van der Waals surface area contributed by atoms with Gasteiger partial charge in [0.2, 0.25) is 0 Å². The summed E-state index contributed by atoms with van der Waals surface area (Å²) in [7, 11) is 1.79. The zero-order valence-corrected chi connectivity index (χ0v) is 20.0. The lowest BCUT2D eigenvalue weighted by Gasteiger charge is -2.13. The number of aryl methyl sites for hydroxylation is 2. The van der Waals surface area contributed by atoms with Crippen LogP contribution in [-0.2, 0) is 13.1 Å². The maximum absolute atomic E-state index is 4.63. The van der Waals surface area contributed by atoms with Crippen LogP contribution in [0.2, 0.25) is 0 Å². The Hall–Kier alpha value is -2.95. The Balaban J connectivity index is 0.00000272. The Morgan fingerprint density at radius 1 is 1.06 bits per heavy atom. The van der Waals surface area contributed by atoms with Crippen LogP contribution in [0.1, 0.15) is 17.8 Å². The van der Waals surface area contributed by atoms with Gasteiger partial charge in [0.05, 0.1) is 16.7 Å². The average Bonchev–Trinajstić information content (AvgIpc) is 3.42. The third-order valence-electron chi connectivity index (χ3n) is 5.00. The van der Waals surface area contributed by atoms with Gasteiger partial charge in [-0.05, 0) is 43.2 Å². The number of hydrogen-bond donors (Lipinski definition) is 2. The van der Waals surface area contributed by atoms with Gasteiger partial charge in [0, 0.05) is 26.7 Å². The third-order valence-corrected chi connectivity index (χ3v) is 5.00. The first kappa shape index (κ1) is 22.7. The molecule has 0 aliphatic rings. The molecule has 0 aliphatic carbocycles. The van der Waals surface area contributed by atoms with Crippen LogP contribution < -0.4 is 10.6 Å². The summed E-state index contributed by atoms with van der Waals surface area (Å²) in [6.07, 6.45) is 4.20. The quantitative estimate of drug-likeness (QED) is 0.166.